The van der Waals surface area contributed by atoms with Crippen LogP contribution in [0.1, 0.15) is 0 Å². The Labute approximate surface area is 77.0 Å². The molecule has 3 heteroatoms. The number of hydrogen-bond acceptors (Lipinski definition) is 1. The van der Waals surface area contributed by atoms with Crippen LogP contribution in [-0.4, -0.2) is 12.1 Å². The Kier molecular flexibility index (Phi) is 2.61. The third-order valence-electron chi connectivity index (χ3n) is 1.73. The van der Waals surface area contributed by atoms with Crippen molar-refractivity contribution in [3.63, 3.8) is 0 Å². The monoisotopic (exact) mass is 183 g/mol. The number of ether oxygens (including phenoxy) is 1. The first-order valence-corrected chi connectivity index (χ1v) is 3.52. The van der Waals surface area contributed by atoms with E-state index in [-0.39, 0.29) is 12.4 Å². The number of para-hydroxylation sites is 1. The highest BCUT2D eigenvalue weighted by atomic mass is 35.5. The maximum absolute atomic E-state index is 5.04. The molecular weight excluding hydrogens is 174 g/mol. The molecule has 0 fully saturated rings. The molecule has 64 valence electrons. The number of halogens is 1. The number of benzene rings is 1. The van der Waals surface area contributed by atoms with Gasteiger partial charge in [0.15, 0.2) is 5.88 Å². The first-order chi connectivity index (χ1) is 5.40. The van der Waals surface area contributed by atoms with Crippen molar-refractivity contribution in [2.24, 2.45) is 0 Å². The molecule has 2 rings (SSSR count). The summed E-state index contributed by atoms with van der Waals surface area (Å²) in [4.78, 5) is 3.12. The van der Waals surface area contributed by atoms with E-state index in [2.05, 4.69) is 4.98 Å². The Hall–Kier alpha value is -1.15. The maximum atomic E-state index is 5.04. The first-order valence-electron chi connectivity index (χ1n) is 3.52. The second-order valence-corrected chi connectivity index (χ2v) is 2.42. The summed E-state index contributed by atoms with van der Waals surface area (Å²) in [5.74, 6) is 0.811. The molecular formula is C9H10ClNO. The van der Waals surface area contributed by atoms with E-state index in [9.17, 15) is 0 Å². The third kappa shape index (κ3) is 1.38. The van der Waals surface area contributed by atoms with E-state index in [0.717, 1.165) is 11.4 Å². The molecule has 0 bridgehead atoms. The van der Waals surface area contributed by atoms with Gasteiger partial charge in [-0.2, -0.15) is 0 Å². The Balaban J connectivity index is 0.000000720. The lowest BCUT2D eigenvalue weighted by Gasteiger charge is -1.89. The van der Waals surface area contributed by atoms with Crippen molar-refractivity contribution in [3.8, 4) is 5.88 Å². The van der Waals surface area contributed by atoms with Gasteiger partial charge < -0.3 is 9.72 Å². The predicted octanol–water partition coefficient (Wildman–Crippen LogP) is 2.60. The van der Waals surface area contributed by atoms with Gasteiger partial charge in [0.05, 0.1) is 7.11 Å². The molecule has 1 N–H and O–H groups in total. The SMILES string of the molecule is COc1cc2ccccc2[nH]1.Cl. The Morgan fingerprint density at radius 3 is 2.67 bits per heavy atom. The Bertz CT molecular complexity index is 336. The smallest absolute Gasteiger partial charge is 0.191 e. The van der Waals surface area contributed by atoms with Crippen molar-refractivity contribution in [1.82, 2.24) is 4.98 Å². The van der Waals surface area contributed by atoms with Gasteiger partial charge in [-0.05, 0) is 6.07 Å². The summed E-state index contributed by atoms with van der Waals surface area (Å²) in [6, 6.07) is 10.1. The number of methoxy groups -OCH3 is 1. The van der Waals surface area contributed by atoms with Gasteiger partial charge in [-0.1, -0.05) is 18.2 Å². The second kappa shape index (κ2) is 3.50. The molecule has 0 amide bonds. The highest BCUT2D eigenvalue weighted by Crippen LogP contribution is 2.18. The summed E-state index contributed by atoms with van der Waals surface area (Å²) < 4.78 is 5.04. The van der Waals surface area contributed by atoms with E-state index in [1.54, 1.807) is 7.11 Å². The lowest BCUT2D eigenvalue weighted by Crippen LogP contribution is -1.79. The summed E-state index contributed by atoms with van der Waals surface area (Å²) >= 11 is 0. The van der Waals surface area contributed by atoms with E-state index in [1.165, 1.54) is 5.39 Å². The zero-order valence-electron chi connectivity index (χ0n) is 6.70. The average molecular weight is 184 g/mol. The summed E-state index contributed by atoms with van der Waals surface area (Å²) in [6.45, 7) is 0. The van der Waals surface area contributed by atoms with Gasteiger partial charge in [-0.3, -0.25) is 0 Å². The standard InChI is InChI=1S/C9H9NO.ClH/c1-11-9-6-7-4-2-3-5-8(7)10-9;/h2-6,10H,1H3;1H. The minimum atomic E-state index is 0. The van der Waals surface area contributed by atoms with Crippen LogP contribution in [0.2, 0.25) is 0 Å². The molecule has 0 aliphatic rings. The molecule has 0 spiro atoms. The highest BCUT2D eigenvalue weighted by molar-refractivity contribution is 5.85. The van der Waals surface area contributed by atoms with Gasteiger partial charge in [0, 0.05) is 17.0 Å². The molecule has 1 aromatic carbocycles. The number of hydrogen-bond donors (Lipinski definition) is 1. The molecule has 0 aliphatic carbocycles. The van der Waals surface area contributed by atoms with E-state index in [0.29, 0.717) is 0 Å². The van der Waals surface area contributed by atoms with Gasteiger partial charge in [0.1, 0.15) is 0 Å². The van der Waals surface area contributed by atoms with Crippen LogP contribution in [0.3, 0.4) is 0 Å². The fraction of sp³-hybridized carbons (Fsp3) is 0.111. The molecule has 0 saturated carbocycles. The normalized spacial score (nSPS) is 9.42. The van der Waals surface area contributed by atoms with E-state index >= 15 is 0 Å². The van der Waals surface area contributed by atoms with Crippen molar-refractivity contribution >= 4 is 23.3 Å². The van der Waals surface area contributed by atoms with E-state index in [4.69, 9.17) is 4.74 Å². The summed E-state index contributed by atoms with van der Waals surface area (Å²) in [7, 11) is 1.66. The van der Waals surface area contributed by atoms with Crippen LogP contribution in [-0.2, 0) is 0 Å². The zero-order chi connectivity index (χ0) is 7.68. The van der Waals surface area contributed by atoms with Gasteiger partial charge in [-0.15, -0.1) is 12.4 Å². The van der Waals surface area contributed by atoms with Gasteiger partial charge in [0.2, 0.25) is 0 Å². The van der Waals surface area contributed by atoms with Gasteiger partial charge >= 0.3 is 0 Å². The molecule has 2 aromatic rings. The number of H-pyrrole nitrogens is 1. The van der Waals surface area contributed by atoms with Crippen molar-refractivity contribution in [3.05, 3.63) is 30.3 Å². The predicted molar refractivity (Wildman–Crippen MR) is 52.1 cm³/mol. The molecule has 2 nitrogen and oxygen atoms in total. The molecule has 1 aromatic heterocycles. The number of nitrogens with one attached hydrogen (secondary N) is 1. The van der Waals surface area contributed by atoms with Crippen LogP contribution in [0.5, 0.6) is 5.88 Å². The molecule has 0 atom stereocenters. The third-order valence-corrected chi connectivity index (χ3v) is 1.73. The molecule has 0 saturated heterocycles. The maximum Gasteiger partial charge on any atom is 0.191 e. The summed E-state index contributed by atoms with van der Waals surface area (Å²) in [5.41, 5.74) is 1.12. The molecule has 1 heterocycles. The number of fused-ring (bicyclic) bond motifs is 1. The molecule has 0 aliphatic heterocycles. The van der Waals surface area contributed by atoms with Crippen molar-refractivity contribution < 1.29 is 4.74 Å². The van der Waals surface area contributed by atoms with Crippen LogP contribution in [0.15, 0.2) is 30.3 Å². The lowest BCUT2D eigenvalue weighted by atomic mass is 10.3. The number of aromatic amines is 1. The fourth-order valence-electron chi connectivity index (χ4n) is 1.16. The van der Waals surface area contributed by atoms with Crippen molar-refractivity contribution in [1.29, 1.82) is 0 Å². The van der Waals surface area contributed by atoms with Crippen LogP contribution in [0.4, 0.5) is 0 Å². The Morgan fingerprint density at radius 1 is 1.25 bits per heavy atom. The molecule has 0 unspecified atom stereocenters. The highest BCUT2D eigenvalue weighted by Gasteiger charge is 1.96. The number of rotatable bonds is 1. The minimum absolute atomic E-state index is 0. The summed E-state index contributed by atoms with van der Waals surface area (Å²) in [6.07, 6.45) is 0. The van der Waals surface area contributed by atoms with Gasteiger partial charge in [0.25, 0.3) is 0 Å². The average Bonchev–Trinajstić information content (AvgIpc) is 2.46. The largest absolute Gasteiger partial charge is 0.482 e. The second-order valence-electron chi connectivity index (χ2n) is 2.42. The lowest BCUT2D eigenvalue weighted by molar-refractivity contribution is 0.401. The van der Waals surface area contributed by atoms with E-state index < -0.39 is 0 Å². The summed E-state index contributed by atoms with van der Waals surface area (Å²) in [5, 5.41) is 1.18. The van der Waals surface area contributed by atoms with Crippen molar-refractivity contribution in [2.45, 2.75) is 0 Å². The van der Waals surface area contributed by atoms with E-state index in [1.807, 2.05) is 30.3 Å². The minimum Gasteiger partial charge on any atom is -0.482 e. The number of aromatic nitrogens is 1. The zero-order valence-corrected chi connectivity index (χ0v) is 7.52. The quantitative estimate of drug-likeness (QED) is 0.723. The van der Waals surface area contributed by atoms with Crippen LogP contribution in [0, 0.1) is 0 Å². The fourth-order valence-corrected chi connectivity index (χ4v) is 1.16. The van der Waals surface area contributed by atoms with Crippen LogP contribution >= 0.6 is 12.4 Å². The van der Waals surface area contributed by atoms with Crippen molar-refractivity contribution in [2.75, 3.05) is 7.11 Å². The van der Waals surface area contributed by atoms with Crippen LogP contribution in [0.25, 0.3) is 10.9 Å². The first kappa shape index (κ1) is 8.94. The molecule has 0 radical (unpaired) electrons. The van der Waals surface area contributed by atoms with Gasteiger partial charge in [-0.25, -0.2) is 0 Å². The Morgan fingerprint density at radius 2 is 2.00 bits per heavy atom. The topological polar surface area (TPSA) is 25.0 Å². The molecule has 12 heavy (non-hydrogen) atoms. The van der Waals surface area contributed by atoms with Crippen LogP contribution < -0.4 is 4.74 Å².